The number of rotatable bonds is 7. The van der Waals surface area contributed by atoms with E-state index in [0.717, 1.165) is 18.4 Å². The Kier molecular flexibility index (Phi) is 7.51. The SMILES string of the molecule is CC(NC(=O)CC1CCCCC1)C(=O)NCC(C)(C)c1cccc(Cl)c1. The number of hydrogen-bond donors (Lipinski definition) is 2. The zero-order chi connectivity index (χ0) is 19.2. The first-order valence-electron chi connectivity index (χ1n) is 9.61. The van der Waals surface area contributed by atoms with Gasteiger partial charge in [-0.3, -0.25) is 9.59 Å². The van der Waals surface area contributed by atoms with E-state index in [2.05, 4.69) is 24.5 Å². The second kappa shape index (κ2) is 9.40. The summed E-state index contributed by atoms with van der Waals surface area (Å²) in [7, 11) is 0. The summed E-state index contributed by atoms with van der Waals surface area (Å²) in [5, 5.41) is 6.48. The molecule has 26 heavy (non-hydrogen) atoms. The molecule has 1 aromatic rings. The van der Waals surface area contributed by atoms with Crippen molar-refractivity contribution in [2.24, 2.45) is 5.92 Å². The maximum atomic E-state index is 12.4. The first-order chi connectivity index (χ1) is 12.3. The molecule has 1 aromatic carbocycles. The molecule has 0 radical (unpaired) electrons. The van der Waals surface area contributed by atoms with E-state index in [-0.39, 0.29) is 17.2 Å². The molecule has 1 aliphatic carbocycles. The van der Waals surface area contributed by atoms with Gasteiger partial charge in [0, 0.05) is 23.4 Å². The summed E-state index contributed by atoms with van der Waals surface area (Å²) in [6, 6.07) is 7.15. The van der Waals surface area contributed by atoms with Gasteiger partial charge in [0.1, 0.15) is 6.04 Å². The largest absolute Gasteiger partial charge is 0.353 e. The lowest BCUT2D eigenvalue weighted by molar-refractivity contribution is -0.129. The lowest BCUT2D eigenvalue weighted by atomic mass is 9.84. The highest BCUT2D eigenvalue weighted by atomic mass is 35.5. The molecule has 0 aliphatic heterocycles. The van der Waals surface area contributed by atoms with Crippen molar-refractivity contribution in [1.29, 1.82) is 0 Å². The van der Waals surface area contributed by atoms with Crippen LogP contribution in [-0.4, -0.2) is 24.4 Å². The molecule has 0 aromatic heterocycles. The molecule has 1 atom stereocenters. The van der Waals surface area contributed by atoms with Gasteiger partial charge in [0.05, 0.1) is 0 Å². The molecule has 5 heteroatoms. The van der Waals surface area contributed by atoms with Gasteiger partial charge in [-0.25, -0.2) is 0 Å². The minimum absolute atomic E-state index is 0.0198. The summed E-state index contributed by atoms with van der Waals surface area (Å²) in [4.78, 5) is 24.5. The first-order valence-corrected chi connectivity index (χ1v) is 9.99. The van der Waals surface area contributed by atoms with Crippen LogP contribution in [0.5, 0.6) is 0 Å². The Morgan fingerprint density at radius 3 is 2.58 bits per heavy atom. The van der Waals surface area contributed by atoms with Crippen LogP contribution >= 0.6 is 11.6 Å². The molecule has 0 heterocycles. The summed E-state index contributed by atoms with van der Waals surface area (Å²) in [6.45, 7) is 6.34. The Bertz CT molecular complexity index is 624. The van der Waals surface area contributed by atoms with Gasteiger partial charge in [-0.15, -0.1) is 0 Å². The van der Waals surface area contributed by atoms with Crippen molar-refractivity contribution >= 4 is 23.4 Å². The Balaban J connectivity index is 1.79. The van der Waals surface area contributed by atoms with Crippen molar-refractivity contribution in [3.63, 3.8) is 0 Å². The van der Waals surface area contributed by atoms with Crippen molar-refractivity contribution in [2.45, 2.75) is 70.8 Å². The van der Waals surface area contributed by atoms with Gasteiger partial charge in [-0.1, -0.05) is 56.8 Å². The quantitative estimate of drug-likeness (QED) is 0.746. The molecule has 1 aliphatic rings. The number of carbonyl (C=O) groups excluding carboxylic acids is 2. The summed E-state index contributed by atoms with van der Waals surface area (Å²) in [6.07, 6.45) is 6.49. The number of amides is 2. The average molecular weight is 379 g/mol. The van der Waals surface area contributed by atoms with Crippen molar-refractivity contribution in [3.8, 4) is 0 Å². The van der Waals surface area contributed by atoms with Crippen LogP contribution in [-0.2, 0) is 15.0 Å². The van der Waals surface area contributed by atoms with E-state index in [1.54, 1.807) is 6.92 Å². The van der Waals surface area contributed by atoms with Crippen LogP contribution in [0.4, 0.5) is 0 Å². The molecule has 0 bridgehead atoms. The second-order valence-electron chi connectivity index (χ2n) is 8.11. The molecule has 1 saturated carbocycles. The summed E-state index contributed by atoms with van der Waals surface area (Å²) >= 11 is 6.07. The number of benzene rings is 1. The van der Waals surface area contributed by atoms with Crippen molar-refractivity contribution < 1.29 is 9.59 Å². The van der Waals surface area contributed by atoms with Crippen LogP contribution in [0, 0.1) is 5.92 Å². The zero-order valence-corrected chi connectivity index (χ0v) is 16.9. The normalized spacial score (nSPS) is 16.8. The third kappa shape index (κ3) is 6.31. The van der Waals surface area contributed by atoms with Crippen LogP contribution in [0.1, 0.15) is 64.9 Å². The first kappa shape index (κ1) is 20.8. The fourth-order valence-corrected chi connectivity index (χ4v) is 3.68. The van der Waals surface area contributed by atoms with Crippen molar-refractivity contribution in [1.82, 2.24) is 10.6 Å². The highest BCUT2D eigenvalue weighted by molar-refractivity contribution is 6.30. The van der Waals surface area contributed by atoms with Crippen molar-refractivity contribution in [2.75, 3.05) is 6.54 Å². The molecule has 0 spiro atoms. The molecule has 0 saturated heterocycles. The number of carbonyl (C=O) groups is 2. The average Bonchev–Trinajstić information content (AvgIpc) is 2.60. The predicted octanol–water partition coefficient (Wildman–Crippen LogP) is 4.21. The standard InChI is InChI=1S/C21H31ClN2O2/c1-15(24-19(25)12-16-8-5-4-6-9-16)20(26)23-14-21(2,3)17-10-7-11-18(22)13-17/h7,10-11,13,15-16H,4-6,8-9,12,14H2,1-3H3,(H,23,26)(H,24,25). The zero-order valence-electron chi connectivity index (χ0n) is 16.1. The molecule has 1 fully saturated rings. The maximum Gasteiger partial charge on any atom is 0.242 e. The molecule has 2 amide bonds. The minimum atomic E-state index is -0.527. The minimum Gasteiger partial charge on any atom is -0.353 e. The Morgan fingerprint density at radius 1 is 1.23 bits per heavy atom. The molecule has 1 unspecified atom stereocenters. The number of hydrogen-bond acceptors (Lipinski definition) is 2. The predicted molar refractivity (Wildman–Crippen MR) is 106 cm³/mol. The summed E-state index contributed by atoms with van der Waals surface area (Å²) < 4.78 is 0. The van der Waals surface area contributed by atoms with E-state index in [9.17, 15) is 9.59 Å². The monoisotopic (exact) mass is 378 g/mol. The van der Waals surface area contributed by atoms with Gasteiger partial charge in [-0.05, 0) is 43.4 Å². The lowest BCUT2D eigenvalue weighted by Gasteiger charge is -2.27. The topological polar surface area (TPSA) is 58.2 Å². The van der Waals surface area contributed by atoms with Crippen LogP contribution < -0.4 is 10.6 Å². The third-order valence-corrected chi connectivity index (χ3v) is 5.52. The van der Waals surface area contributed by atoms with Gasteiger partial charge in [0.15, 0.2) is 0 Å². The Hall–Kier alpha value is -1.55. The van der Waals surface area contributed by atoms with Gasteiger partial charge in [0.25, 0.3) is 0 Å². The molecule has 2 rings (SSSR count). The van der Waals surface area contributed by atoms with E-state index in [1.165, 1.54) is 19.3 Å². The Morgan fingerprint density at radius 2 is 1.92 bits per heavy atom. The fourth-order valence-electron chi connectivity index (χ4n) is 3.49. The summed E-state index contributed by atoms with van der Waals surface area (Å²) in [5.74, 6) is 0.298. The second-order valence-corrected chi connectivity index (χ2v) is 8.55. The van der Waals surface area contributed by atoms with Crippen LogP contribution in [0.15, 0.2) is 24.3 Å². The van der Waals surface area contributed by atoms with Crippen LogP contribution in [0.3, 0.4) is 0 Å². The third-order valence-electron chi connectivity index (χ3n) is 5.28. The van der Waals surface area contributed by atoms with E-state index in [0.29, 0.717) is 23.9 Å². The van der Waals surface area contributed by atoms with E-state index in [1.807, 2.05) is 24.3 Å². The van der Waals surface area contributed by atoms with E-state index < -0.39 is 6.04 Å². The van der Waals surface area contributed by atoms with E-state index in [4.69, 9.17) is 11.6 Å². The van der Waals surface area contributed by atoms with Crippen molar-refractivity contribution in [3.05, 3.63) is 34.9 Å². The highest BCUT2D eigenvalue weighted by Crippen LogP contribution is 2.26. The molecule has 144 valence electrons. The molecule has 4 nitrogen and oxygen atoms in total. The summed E-state index contributed by atoms with van der Waals surface area (Å²) in [5.41, 5.74) is 0.825. The van der Waals surface area contributed by atoms with Gasteiger partial charge in [-0.2, -0.15) is 0 Å². The lowest BCUT2D eigenvalue weighted by Crippen LogP contribution is -2.48. The fraction of sp³-hybridized carbons (Fsp3) is 0.619. The molecule has 2 N–H and O–H groups in total. The van der Waals surface area contributed by atoms with Gasteiger partial charge >= 0.3 is 0 Å². The molecular weight excluding hydrogens is 348 g/mol. The van der Waals surface area contributed by atoms with E-state index >= 15 is 0 Å². The number of halogens is 1. The smallest absolute Gasteiger partial charge is 0.242 e. The molecular formula is C21H31ClN2O2. The Labute approximate surface area is 162 Å². The van der Waals surface area contributed by atoms with Gasteiger partial charge < -0.3 is 10.6 Å². The van der Waals surface area contributed by atoms with Crippen LogP contribution in [0.25, 0.3) is 0 Å². The van der Waals surface area contributed by atoms with Gasteiger partial charge in [0.2, 0.25) is 11.8 Å². The maximum absolute atomic E-state index is 12.4. The number of nitrogens with one attached hydrogen (secondary N) is 2. The van der Waals surface area contributed by atoms with Crippen LogP contribution in [0.2, 0.25) is 5.02 Å². The highest BCUT2D eigenvalue weighted by Gasteiger charge is 2.24.